The van der Waals surface area contributed by atoms with Gasteiger partial charge in [0.1, 0.15) is 5.01 Å². The van der Waals surface area contributed by atoms with Crippen LogP contribution in [0, 0.1) is 0 Å². The smallest absolute Gasteiger partial charge is 0.191 e. The van der Waals surface area contributed by atoms with Gasteiger partial charge in [-0.2, -0.15) is 0 Å². The lowest BCUT2D eigenvalue weighted by Crippen LogP contribution is -2.37. The molecular weight excluding hydrogens is 423 g/mol. The molecular formula is C16H31IN4OS. The maximum Gasteiger partial charge on any atom is 0.191 e. The molecule has 0 unspecified atom stereocenters. The van der Waals surface area contributed by atoms with Gasteiger partial charge in [-0.15, -0.1) is 35.3 Å². The van der Waals surface area contributed by atoms with Crippen molar-refractivity contribution in [2.45, 2.75) is 52.5 Å². The highest BCUT2D eigenvalue weighted by molar-refractivity contribution is 14.0. The predicted molar refractivity (Wildman–Crippen MR) is 110 cm³/mol. The number of aromatic nitrogens is 1. The second-order valence-electron chi connectivity index (χ2n) is 6.13. The summed E-state index contributed by atoms with van der Waals surface area (Å²) in [6, 6.07) is 0. The summed E-state index contributed by atoms with van der Waals surface area (Å²) in [5.74, 6) is 0.823. The van der Waals surface area contributed by atoms with Crippen LogP contribution in [0.5, 0.6) is 0 Å². The Labute approximate surface area is 161 Å². The molecule has 134 valence electrons. The molecule has 0 aliphatic heterocycles. The third-order valence-electron chi connectivity index (χ3n) is 3.16. The van der Waals surface area contributed by atoms with E-state index >= 15 is 0 Å². The lowest BCUT2D eigenvalue weighted by Gasteiger charge is -2.14. The molecule has 0 saturated carbocycles. The summed E-state index contributed by atoms with van der Waals surface area (Å²) in [6.07, 6.45) is 2.14. The van der Waals surface area contributed by atoms with Crippen molar-refractivity contribution in [3.05, 3.63) is 16.1 Å². The Bertz CT molecular complexity index is 457. The van der Waals surface area contributed by atoms with Gasteiger partial charge >= 0.3 is 0 Å². The van der Waals surface area contributed by atoms with E-state index in [4.69, 9.17) is 4.74 Å². The number of nitrogens with one attached hydrogen (secondary N) is 2. The van der Waals surface area contributed by atoms with Gasteiger partial charge in [-0.1, -0.05) is 20.8 Å². The van der Waals surface area contributed by atoms with Crippen LogP contribution in [0.2, 0.25) is 0 Å². The van der Waals surface area contributed by atoms with E-state index in [0.717, 1.165) is 49.3 Å². The molecule has 1 aromatic rings. The molecule has 2 N–H and O–H groups in total. The first kappa shape index (κ1) is 22.6. The zero-order valence-electron chi connectivity index (χ0n) is 14.9. The summed E-state index contributed by atoms with van der Waals surface area (Å²) in [6.45, 7) is 11.8. The van der Waals surface area contributed by atoms with Crippen LogP contribution in [-0.2, 0) is 16.7 Å². The molecule has 0 aromatic carbocycles. The normalized spacial score (nSPS) is 12.0. The van der Waals surface area contributed by atoms with Gasteiger partial charge in [0.2, 0.25) is 0 Å². The van der Waals surface area contributed by atoms with E-state index in [1.807, 2.05) is 6.92 Å². The Morgan fingerprint density at radius 2 is 2.04 bits per heavy atom. The average molecular weight is 454 g/mol. The number of rotatable bonds is 8. The summed E-state index contributed by atoms with van der Waals surface area (Å²) in [4.78, 5) is 8.91. The van der Waals surface area contributed by atoms with E-state index in [-0.39, 0.29) is 29.4 Å². The lowest BCUT2D eigenvalue weighted by molar-refractivity contribution is 0.143. The minimum Gasteiger partial charge on any atom is -0.382 e. The molecule has 1 heterocycles. The summed E-state index contributed by atoms with van der Waals surface area (Å²) in [5, 5.41) is 9.85. The number of halogens is 1. The fraction of sp³-hybridized carbons (Fsp3) is 0.750. The van der Waals surface area contributed by atoms with Crippen LogP contribution >= 0.6 is 35.3 Å². The standard InChI is InChI=1S/C16H30N4OS.HI/c1-6-21-10-8-7-9-18-15(17-5)19-11-14-20-13(12-22-14)16(2,3)4;/h12H,6-11H2,1-5H3,(H2,17,18,19);1H. The second kappa shape index (κ2) is 12.0. The number of ether oxygens (including phenoxy) is 1. The Kier molecular flexibility index (Phi) is 11.8. The van der Waals surface area contributed by atoms with E-state index in [1.54, 1.807) is 18.4 Å². The zero-order valence-corrected chi connectivity index (χ0v) is 18.1. The van der Waals surface area contributed by atoms with Gasteiger partial charge in [0.05, 0.1) is 12.2 Å². The van der Waals surface area contributed by atoms with Crippen molar-refractivity contribution in [2.24, 2.45) is 4.99 Å². The van der Waals surface area contributed by atoms with E-state index in [2.05, 4.69) is 46.8 Å². The lowest BCUT2D eigenvalue weighted by atomic mass is 9.93. The molecule has 0 radical (unpaired) electrons. The SMILES string of the molecule is CCOCCCCNC(=NC)NCc1nc(C(C)(C)C)cs1.I. The number of thiazole rings is 1. The molecule has 1 aromatic heterocycles. The van der Waals surface area contributed by atoms with Crippen LogP contribution in [0.15, 0.2) is 10.4 Å². The summed E-state index contributed by atoms with van der Waals surface area (Å²) in [7, 11) is 1.79. The monoisotopic (exact) mass is 454 g/mol. The van der Waals surface area contributed by atoms with E-state index < -0.39 is 0 Å². The Morgan fingerprint density at radius 1 is 1.30 bits per heavy atom. The maximum absolute atomic E-state index is 5.32. The highest BCUT2D eigenvalue weighted by Crippen LogP contribution is 2.23. The summed E-state index contributed by atoms with van der Waals surface area (Å²) in [5.41, 5.74) is 1.25. The first-order valence-electron chi connectivity index (χ1n) is 7.94. The first-order chi connectivity index (χ1) is 10.5. The van der Waals surface area contributed by atoms with Gasteiger partial charge in [0, 0.05) is 37.6 Å². The van der Waals surface area contributed by atoms with Crippen molar-refractivity contribution in [1.29, 1.82) is 0 Å². The van der Waals surface area contributed by atoms with Crippen molar-refractivity contribution in [3.63, 3.8) is 0 Å². The molecule has 7 heteroatoms. The number of hydrogen-bond donors (Lipinski definition) is 2. The summed E-state index contributed by atoms with van der Waals surface area (Å²) < 4.78 is 5.32. The number of unbranched alkanes of at least 4 members (excludes halogenated alkanes) is 1. The third kappa shape index (κ3) is 9.46. The quantitative estimate of drug-likeness (QED) is 0.273. The molecule has 0 spiro atoms. The van der Waals surface area contributed by atoms with Crippen LogP contribution < -0.4 is 10.6 Å². The van der Waals surface area contributed by atoms with Crippen LogP contribution in [0.25, 0.3) is 0 Å². The molecule has 23 heavy (non-hydrogen) atoms. The molecule has 0 fully saturated rings. The van der Waals surface area contributed by atoms with E-state index in [0.29, 0.717) is 6.54 Å². The Hall–Kier alpha value is -0.410. The summed E-state index contributed by atoms with van der Waals surface area (Å²) >= 11 is 1.69. The van der Waals surface area contributed by atoms with Crippen molar-refractivity contribution in [1.82, 2.24) is 15.6 Å². The van der Waals surface area contributed by atoms with E-state index in [9.17, 15) is 0 Å². The Balaban J connectivity index is 0.00000484. The molecule has 0 amide bonds. The molecule has 0 aliphatic carbocycles. The molecule has 0 aliphatic rings. The van der Waals surface area contributed by atoms with Gasteiger partial charge in [-0.05, 0) is 19.8 Å². The minimum atomic E-state index is 0. The third-order valence-corrected chi connectivity index (χ3v) is 4.01. The largest absolute Gasteiger partial charge is 0.382 e. The minimum absolute atomic E-state index is 0. The average Bonchev–Trinajstić information content (AvgIpc) is 2.95. The topological polar surface area (TPSA) is 58.5 Å². The van der Waals surface area contributed by atoms with E-state index in [1.165, 1.54) is 0 Å². The van der Waals surface area contributed by atoms with Gasteiger partial charge in [0.15, 0.2) is 5.96 Å². The van der Waals surface area contributed by atoms with Gasteiger partial charge in [0.25, 0.3) is 0 Å². The predicted octanol–water partition coefficient (Wildman–Crippen LogP) is 3.54. The van der Waals surface area contributed by atoms with Crippen molar-refractivity contribution in [3.8, 4) is 0 Å². The van der Waals surface area contributed by atoms with Crippen LogP contribution in [-0.4, -0.2) is 37.7 Å². The zero-order chi connectivity index (χ0) is 16.4. The molecule has 5 nitrogen and oxygen atoms in total. The number of nitrogens with zero attached hydrogens (tertiary/aromatic N) is 2. The van der Waals surface area contributed by atoms with Crippen molar-refractivity contribution < 1.29 is 4.74 Å². The van der Waals surface area contributed by atoms with Gasteiger partial charge < -0.3 is 15.4 Å². The molecule has 0 saturated heterocycles. The highest BCUT2D eigenvalue weighted by atomic mass is 127. The molecule has 0 atom stereocenters. The number of hydrogen-bond acceptors (Lipinski definition) is 4. The van der Waals surface area contributed by atoms with Crippen molar-refractivity contribution >= 4 is 41.3 Å². The van der Waals surface area contributed by atoms with Crippen LogP contribution in [0.4, 0.5) is 0 Å². The fourth-order valence-electron chi connectivity index (χ4n) is 1.80. The first-order valence-corrected chi connectivity index (χ1v) is 8.82. The Morgan fingerprint density at radius 3 is 2.61 bits per heavy atom. The molecule has 0 bridgehead atoms. The van der Waals surface area contributed by atoms with Crippen LogP contribution in [0.1, 0.15) is 51.2 Å². The number of guanidine groups is 1. The second-order valence-corrected chi connectivity index (χ2v) is 7.08. The van der Waals surface area contributed by atoms with Crippen molar-refractivity contribution in [2.75, 3.05) is 26.8 Å². The van der Waals surface area contributed by atoms with Gasteiger partial charge in [-0.25, -0.2) is 4.98 Å². The van der Waals surface area contributed by atoms with Crippen LogP contribution in [0.3, 0.4) is 0 Å². The maximum atomic E-state index is 5.32. The number of aliphatic imine (C=N–C) groups is 1. The fourth-order valence-corrected chi connectivity index (χ4v) is 2.76. The highest BCUT2D eigenvalue weighted by Gasteiger charge is 2.17. The van der Waals surface area contributed by atoms with Gasteiger partial charge in [-0.3, -0.25) is 4.99 Å². The molecule has 1 rings (SSSR count).